The van der Waals surface area contributed by atoms with Crippen LogP contribution in [0.3, 0.4) is 0 Å². The van der Waals surface area contributed by atoms with Gasteiger partial charge in [0.05, 0.1) is 12.8 Å². The number of piperazine rings is 1. The van der Waals surface area contributed by atoms with Gasteiger partial charge in [-0.05, 0) is 58.0 Å². The van der Waals surface area contributed by atoms with Gasteiger partial charge in [-0.3, -0.25) is 0 Å². The number of para-hydroxylation sites is 1. The summed E-state index contributed by atoms with van der Waals surface area (Å²) in [7, 11) is 1.72. The number of benzene rings is 4. The lowest BCUT2D eigenvalue weighted by Gasteiger charge is -2.38. The van der Waals surface area contributed by atoms with Gasteiger partial charge in [-0.15, -0.1) is 0 Å². The van der Waals surface area contributed by atoms with Crippen molar-refractivity contribution in [1.29, 1.82) is 0 Å². The molecule has 2 aliphatic rings. The van der Waals surface area contributed by atoms with Gasteiger partial charge in [0.1, 0.15) is 11.5 Å². The normalized spacial score (nSPS) is 16.4. The molecular formula is C30H30N2O2. The summed E-state index contributed by atoms with van der Waals surface area (Å²) in [6.07, 6.45) is 0. The predicted molar refractivity (Wildman–Crippen MR) is 141 cm³/mol. The Morgan fingerprint density at radius 3 is 2.18 bits per heavy atom. The van der Waals surface area contributed by atoms with Gasteiger partial charge in [-0.2, -0.15) is 0 Å². The van der Waals surface area contributed by atoms with Crippen molar-refractivity contribution >= 4 is 22.1 Å². The third kappa shape index (κ3) is 3.05. The van der Waals surface area contributed by atoms with Gasteiger partial charge in [0.2, 0.25) is 0 Å². The van der Waals surface area contributed by atoms with E-state index in [0.29, 0.717) is 5.75 Å². The zero-order valence-corrected chi connectivity index (χ0v) is 20.0. The number of hydrogen-bond donors (Lipinski definition) is 1. The third-order valence-electron chi connectivity index (χ3n) is 7.70. The number of anilines is 2. The number of ether oxygens (including phenoxy) is 1. The maximum absolute atomic E-state index is 11.1. The molecule has 0 unspecified atom stereocenters. The average Bonchev–Trinajstić information content (AvgIpc) is 3.11. The summed E-state index contributed by atoms with van der Waals surface area (Å²) in [4.78, 5) is 4.85. The molecule has 4 aromatic rings. The van der Waals surface area contributed by atoms with Crippen LogP contribution in [-0.2, 0) is 5.41 Å². The smallest absolute Gasteiger partial charge is 0.142 e. The zero-order chi connectivity index (χ0) is 23.4. The molecule has 0 spiro atoms. The lowest BCUT2D eigenvalue weighted by Crippen LogP contribution is -2.46. The fourth-order valence-corrected chi connectivity index (χ4v) is 5.85. The van der Waals surface area contributed by atoms with Gasteiger partial charge in [-0.1, -0.05) is 56.3 Å². The lowest BCUT2D eigenvalue weighted by molar-refractivity contribution is 0.414. The second kappa shape index (κ2) is 7.69. The number of aromatic hydroxyl groups is 1. The second-order valence-corrected chi connectivity index (χ2v) is 9.87. The maximum atomic E-state index is 11.1. The summed E-state index contributed by atoms with van der Waals surface area (Å²) in [5, 5.41) is 13.0. The third-order valence-corrected chi connectivity index (χ3v) is 7.70. The molecule has 1 fully saturated rings. The molecule has 0 amide bonds. The Balaban J connectivity index is 1.46. The summed E-state index contributed by atoms with van der Waals surface area (Å²) in [5.74, 6) is 1.12. The Bertz CT molecular complexity index is 1390. The summed E-state index contributed by atoms with van der Waals surface area (Å²) < 4.78 is 5.84. The molecule has 1 N–H and O–H groups in total. The quantitative estimate of drug-likeness (QED) is 0.404. The van der Waals surface area contributed by atoms with Gasteiger partial charge in [0.15, 0.2) is 0 Å². The van der Waals surface area contributed by atoms with Crippen molar-refractivity contribution < 1.29 is 9.84 Å². The van der Waals surface area contributed by atoms with Crippen LogP contribution in [-0.4, -0.2) is 38.4 Å². The molecule has 0 saturated carbocycles. The van der Waals surface area contributed by atoms with E-state index >= 15 is 0 Å². The van der Waals surface area contributed by atoms with Crippen LogP contribution in [0.4, 0.5) is 11.4 Å². The van der Waals surface area contributed by atoms with Crippen molar-refractivity contribution in [1.82, 2.24) is 0 Å². The minimum absolute atomic E-state index is 0.154. The summed E-state index contributed by atoms with van der Waals surface area (Å²) in [6.45, 7) is 8.24. The van der Waals surface area contributed by atoms with E-state index in [1.165, 1.54) is 27.9 Å². The van der Waals surface area contributed by atoms with Gasteiger partial charge in [0, 0.05) is 42.7 Å². The molecule has 1 aliphatic heterocycles. The number of methoxy groups -OCH3 is 1. The fourth-order valence-electron chi connectivity index (χ4n) is 5.85. The highest BCUT2D eigenvalue weighted by molar-refractivity contribution is 6.07. The highest BCUT2D eigenvalue weighted by Crippen LogP contribution is 2.54. The lowest BCUT2D eigenvalue weighted by atomic mass is 9.82. The van der Waals surface area contributed by atoms with Gasteiger partial charge in [-0.25, -0.2) is 0 Å². The van der Waals surface area contributed by atoms with Crippen LogP contribution in [0.2, 0.25) is 0 Å². The first-order valence-electron chi connectivity index (χ1n) is 12.0. The largest absolute Gasteiger partial charge is 0.507 e. The monoisotopic (exact) mass is 450 g/mol. The molecule has 4 heteroatoms. The number of phenols is 1. The molecule has 6 rings (SSSR count). The fraction of sp³-hybridized carbons (Fsp3) is 0.267. The molecule has 4 aromatic carbocycles. The van der Waals surface area contributed by atoms with E-state index in [4.69, 9.17) is 4.74 Å². The predicted octanol–water partition coefficient (Wildman–Crippen LogP) is 6.19. The zero-order valence-electron chi connectivity index (χ0n) is 20.0. The van der Waals surface area contributed by atoms with Crippen LogP contribution in [0.1, 0.15) is 25.0 Å². The molecule has 0 aromatic heterocycles. The molecule has 4 nitrogen and oxygen atoms in total. The number of nitrogens with zero attached hydrogens (tertiary/aromatic N) is 2. The van der Waals surface area contributed by atoms with Crippen molar-refractivity contribution in [3.05, 3.63) is 83.9 Å². The van der Waals surface area contributed by atoms with E-state index in [1.807, 2.05) is 12.1 Å². The number of phenolic OH excluding ortho intramolecular Hbond substituents is 1. The molecule has 0 atom stereocenters. The van der Waals surface area contributed by atoms with Crippen molar-refractivity contribution in [3.63, 3.8) is 0 Å². The minimum atomic E-state index is -0.154. The van der Waals surface area contributed by atoms with Crippen molar-refractivity contribution in [2.75, 3.05) is 43.1 Å². The van der Waals surface area contributed by atoms with E-state index < -0.39 is 0 Å². The molecular weight excluding hydrogens is 420 g/mol. The van der Waals surface area contributed by atoms with Crippen molar-refractivity contribution in [2.24, 2.45) is 0 Å². The van der Waals surface area contributed by atoms with E-state index in [-0.39, 0.29) is 5.41 Å². The van der Waals surface area contributed by atoms with E-state index in [2.05, 4.69) is 84.3 Å². The van der Waals surface area contributed by atoms with Gasteiger partial charge in [0.25, 0.3) is 0 Å². The SMILES string of the molecule is COc1cc2c(O)cc3c(c2cc1N1CCN(c2ccccc2)CC1)-c1ccccc1C3(C)C. The average molecular weight is 451 g/mol. The first-order valence-corrected chi connectivity index (χ1v) is 12.0. The Kier molecular flexibility index (Phi) is 4.73. The number of hydrogen-bond acceptors (Lipinski definition) is 4. The topological polar surface area (TPSA) is 35.9 Å². The van der Waals surface area contributed by atoms with Gasteiger partial charge < -0.3 is 19.6 Å². The molecule has 0 radical (unpaired) electrons. The Labute approximate surface area is 201 Å². The molecule has 1 saturated heterocycles. The molecule has 0 bridgehead atoms. The second-order valence-electron chi connectivity index (χ2n) is 9.87. The summed E-state index contributed by atoms with van der Waals surface area (Å²) >= 11 is 0. The standard InChI is InChI=1S/C30H30N2O2/c1-30(2)24-12-8-7-11-21(24)29-23-17-26(28(34-3)18-22(23)27(33)19-25(29)30)32-15-13-31(14-16-32)20-9-5-4-6-10-20/h4-12,17-19,33H,13-16H2,1-3H3. The number of fused-ring (bicyclic) bond motifs is 5. The number of rotatable bonds is 3. The van der Waals surface area contributed by atoms with Crippen LogP contribution < -0.4 is 14.5 Å². The van der Waals surface area contributed by atoms with Crippen LogP contribution in [0.5, 0.6) is 11.5 Å². The van der Waals surface area contributed by atoms with Crippen LogP contribution in [0.15, 0.2) is 72.8 Å². The van der Waals surface area contributed by atoms with Crippen molar-refractivity contribution in [2.45, 2.75) is 19.3 Å². The van der Waals surface area contributed by atoms with E-state index in [0.717, 1.165) is 48.4 Å². The van der Waals surface area contributed by atoms with Crippen LogP contribution in [0.25, 0.3) is 21.9 Å². The molecule has 1 heterocycles. The van der Waals surface area contributed by atoms with Crippen LogP contribution in [0, 0.1) is 0 Å². The maximum Gasteiger partial charge on any atom is 0.142 e. The Morgan fingerprint density at radius 1 is 0.765 bits per heavy atom. The summed E-state index contributed by atoms with van der Waals surface area (Å²) in [6, 6.07) is 25.5. The molecule has 1 aliphatic carbocycles. The highest BCUT2D eigenvalue weighted by atomic mass is 16.5. The molecule has 34 heavy (non-hydrogen) atoms. The van der Waals surface area contributed by atoms with Gasteiger partial charge >= 0.3 is 0 Å². The van der Waals surface area contributed by atoms with Crippen LogP contribution >= 0.6 is 0 Å². The Morgan fingerprint density at radius 2 is 1.44 bits per heavy atom. The highest BCUT2D eigenvalue weighted by Gasteiger charge is 2.37. The minimum Gasteiger partial charge on any atom is -0.507 e. The van der Waals surface area contributed by atoms with E-state index in [1.54, 1.807) is 7.11 Å². The van der Waals surface area contributed by atoms with Crippen molar-refractivity contribution in [3.8, 4) is 22.6 Å². The first kappa shape index (κ1) is 20.9. The first-order chi connectivity index (χ1) is 16.5. The van der Waals surface area contributed by atoms with E-state index in [9.17, 15) is 5.11 Å². The summed E-state index contributed by atoms with van der Waals surface area (Å²) in [5.41, 5.74) is 7.21. The molecule has 172 valence electrons. The Hall–Kier alpha value is -3.66.